The Kier molecular flexibility index (Phi) is 5.42. The Morgan fingerprint density at radius 3 is 2.40 bits per heavy atom. The number of likely N-dealkylation sites (tertiary alicyclic amines) is 1. The first-order chi connectivity index (χ1) is 9.15. The van der Waals surface area contributed by atoms with Gasteiger partial charge in [0.15, 0.2) is 0 Å². The molecule has 3 atom stereocenters. The summed E-state index contributed by atoms with van der Waals surface area (Å²) in [5.74, 6) is -0.727. The molecular formula is C15H27NO4. The summed E-state index contributed by atoms with van der Waals surface area (Å²) < 4.78 is 5.37. The van der Waals surface area contributed by atoms with Crippen LogP contribution in [0.25, 0.3) is 0 Å². The minimum Gasteiger partial charge on any atom is -0.481 e. The lowest BCUT2D eigenvalue weighted by Crippen LogP contribution is -2.47. The molecule has 5 heteroatoms. The first-order valence-electron chi connectivity index (χ1n) is 7.36. The van der Waals surface area contributed by atoms with E-state index in [1.54, 1.807) is 4.90 Å². The van der Waals surface area contributed by atoms with E-state index in [0.717, 1.165) is 6.42 Å². The molecule has 0 aromatic heterocycles. The van der Waals surface area contributed by atoms with E-state index in [4.69, 9.17) is 4.74 Å². The van der Waals surface area contributed by atoms with Crippen LogP contribution in [-0.4, -0.2) is 40.8 Å². The molecule has 1 rings (SSSR count). The van der Waals surface area contributed by atoms with Gasteiger partial charge in [0.25, 0.3) is 0 Å². The highest BCUT2D eigenvalue weighted by Gasteiger charge is 2.37. The van der Waals surface area contributed by atoms with Gasteiger partial charge in [-0.15, -0.1) is 0 Å². The number of hydrogen-bond donors (Lipinski definition) is 1. The number of carboxylic acid groups (broad SMARTS) is 1. The van der Waals surface area contributed by atoms with E-state index >= 15 is 0 Å². The molecule has 116 valence electrons. The van der Waals surface area contributed by atoms with Crippen LogP contribution in [-0.2, 0) is 9.53 Å². The summed E-state index contributed by atoms with van der Waals surface area (Å²) in [7, 11) is 0. The lowest BCUT2D eigenvalue weighted by atomic mass is 9.76. The number of amides is 1. The van der Waals surface area contributed by atoms with Crippen molar-refractivity contribution in [1.82, 2.24) is 4.90 Å². The van der Waals surface area contributed by atoms with Crippen molar-refractivity contribution in [2.75, 3.05) is 13.1 Å². The second kappa shape index (κ2) is 6.46. The van der Waals surface area contributed by atoms with Gasteiger partial charge in [0.2, 0.25) is 0 Å². The minimum atomic E-state index is -0.727. The fourth-order valence-corrected chi connectivity index (χ4v) is 2.91. The van der Waals surface area contributed by atoms with Crippen molar-refractivity contribution < 1.29 is 19.4 Å². The Balaban J connectivity index is 2.63. The molecule has 1 heterocycles. The summed E-state index contributed by atoms with van der Waals surface area (Å²) in [4.78, 5) is 25.0. The lowest BCUT2D eigenvalue weighted by Gasteiger charge is -2.39. The molecule has 1 N–H and O–H groups in total. The monoisotopic (exact) mass is 285 g/mol. The van der Waals surface area contributed by atoms with Gasteiger partial charge in [0.05, 0.1) is 5.92 Å². The van der Waals surface area contributed by atoms with Crippen molar-refractivity contribution in [2.45, 2.75) is 53.1 Å². The Morgan fingerprint density at radius 2 is 2.00 bits per heavy atom. The first-order valence-corrected chi connectivity index (χ1v) is 7.36. The van der Waals surface area contributed by atoms with Gasteiger partial charge in [-0.2, -0.15) is 0 Å². The van der Waals surface area contributed by atoms with E-state index < -0.39 is 11.6 Å². The van der Waals surface area contributed by atoms with Gasteiger partial charge < -0.3 is 14.7 Å². The molecule has 0 bridgehead atoms. The van der Waals surface area contributed by atoms with Crippen LogP contribution in [0.1, 0.15) is 47.5 Å². The molecule has 1 fully saturated rings. The van der Waals surface area contributed by atoms with Gasteiger partial charge in [-0.25, -0.2) is 4.79 Å². The molecule has 1 aliphatic rings. The Hall–Kier alpha value is -1.26. The van der Waals surface area contributed by atoms with Gasteiger partial charge in [-0.05, 0) is 45.4 Å². The number of piperidine rings is 1. The van der Waals surface area contributed by atoms with E-state index in [1.165, 1.54) is 0 Å². The van der Waals surface area contributed by atoms with Crippen molar-refractivity contribution in [1.29, 1.82) is 0 Å². The smallest absolute Gasteiger partial charge is 0.410 e. The largest absolute Gasteiger partial charge is 0.481 e. The zero-order valence-corrected chi connectivity index (χ0v) is 13.2. The normalized spacial score (nSPS) is 25.1. The summed E-state index contributed by atoms with van der Waals surface area (Å²) in [5, 5.41) is 9.27. The van der Waals surface area contributed by atoms with E-state index in [-0.39, 0.29) is 23.8 Å². The fourth-order valence-electron chi connectivity index (χ4n) is 2.91. The highest BCUT2D eigenvalue weighted by atomic mass is 16.6. The molecular weight excluding hydrogens is 258 g/mol. The van der Waals surface area contributed by atoms with E-state index in [1.807, 2.05) is 34.6 Å². The third-order valence-electron chi connectivity index (χ3n) is 3.90. The molecule has 0 saturated carbocycles. The van der Waals surface area contributed by atoms with Crippen LogP contribution >= 0.6 is 0 Å². The molecule has 0 aliphatic carbocycles. The first kappa shape index (κ1) is 16.8. The van der Waals surface area contributed by atoms with Gasteiger partial charge >= 0.3 is 12.1 Å². The van der Waals surface area contributed by atoms with Crippen LogP contribution in [0, 0.1) is 17.8 Å². The molecule has 1 aliphatic heterocycles. The molecule has 20 heavy (non-hydrogen) atoms. The molecule has 0 aromatic carbocycles. The second-order valence-electron chi connectivity index (χ2n) is 6.71. The molecule has 3 unspecified atom stereocenters. The number of nitrogens with zero attached hydrogens (tertiary/aromatic N) is 1. The van der Waals surface area contributed by atoms with Crippen LogP contribution < -0.4 is 0 Å². The summed E-state index contributed by atoms with van der Waals surface area (Å²) in [6.07, 6.45) is 1.06. The van der Waals surface area contributed by atoms with Crippen LogP contribution in [0.3, 0.4) is 0 Å². The zero-order chi connectivity index (χ0) is 15.5. The Bertz CT molecular complexity index is 361. The minimum absolute atomic E-state index is 0.135. The maximum atomic E-state index is 12.0. The predicted molar refractivity (Wildman–Crippen MR) is 76.5 cm³/mol. The number of ether oxygens (including phenoxy) is 1. The molecule has 0 spiro atoms. The van der Waals surface area contributed by atoms with Crippen molar-refractivity contribution >= 4 is 12.1 Å². The Morgan fingerprint density at radius 1 is 1.40 bits per heavy atom. The van der Waals surface area contributed by atoms with E-state index in [9.17, 15) is 14.7 Å². The van der Waals surface area contributed by atoms with Crippen LogP contribution in [0.2, 0.25) is 0 Å². The number of carbonyl (C=O) groups is 2. The van der Waals surface area contributed by atoms with Crippen molar-refractivity contribution in [3.8, 4) is 0 Å². The third-order valence-corrected chi connectivity index (χ3v) is 3.90. The summed E-state index contributed by atoms with van der Waals surface area (Å²) in [5.41, 5.74) is -0.496. The van der Waals surface area contributed by atoms with Gasteiger partial charge in [-0.1, -0.05) is 13.8 Å². The average Bonchev–Trinajstić information content (AvgIpc) is 2.29. The number of rotatable bonds is 3. The maximum absolute atomic E-state index is 12.0. The van der Waals surface area contributed by atoms with E-state index in [2.05, 4.69) is 0 Å². The Labute approximate surface area is 121 Å². The molecule has 0 aromatic rings. The van der Waals surface area contributed by atoms with Crippen molar-refractivity contribution in [2.24, 2.45) is 17.8 Å². The maximum Gasteiger partial charge on any atom is 0.410 e. The second-order valence-corrected chi connectivity index (χ2v) is 6.71. The standard InChI is InChI=1S/C15H27NO4/c1-6-11(13(17)18)12-7-8-16(9-10(12)2)14(19)20-15(3,4)5/h10-12H,6-9H2,1-5H3,(H,17,18). The fraction of sp³-hybridized carbons (Fsp3) is 0.867. The summed E-state index contributed by atoms with van der Waals surface area (Å²) >= 11 is 0. The number of aliphatic carboxylic acids is 1. The third kappa shape index (κ3) is 4.39. The predicted octanol–water partition coefficient (Wildman–Crippen LogP) is 2.99. The van der Waals surface area contributed by atoms with Crippen molar-refractivity contribution in [3.63, 3.8) is 0 Å². The van der Waals surface area contributed by atoms with Crippen LogP contribution in [0.4, 0.5) is 4.79 Å². The quantitative estimate of drug-likeness (QED) is 0.865. The van der Waals surface area contributed by atoms with Gasteiger partial charge in [0, 0.05) is 13.1 Å². The molecule has 1 saturated heterocycles. The SMILES string of the molecule is CCC(C(=O)O)C1CCN(C(=O)OC(C)(C)C)CC1C. The van der Waals surface area contributed by atoms with E-state index in [0.29, 0.717) is 19.5 Å². The summed E-state index contributed by atoms with van der Waals surface area (Å²) in [6, 6.07) is 0. The topological polar surface area (TPSA) is 66.8 Å². The highest BCUT2D eigenvalue weighted by Crippen LogP contribution is 2.32. The number of carbonyl (C=O) groups excluding carboxylic acids is 1. The lowest BCUT2D eigenvalue weighted by molar-refractivity contribution is -0.145. The number of carboxylic acids is 1. The average molecular weight is 285 g/mol. The van der Waals surface area contributed by atoms with Gasteiger partial charge in [0.1, 0.15) is 5.60 Å². The molecule has 5 nitrogen and oxygen atoms in total. The highest BCUT2D eigenvalue weighted by molar-refractivity contribution is 5.71. The summed E-state index contributed by atoms with van der Waals surface area (Å²) in [6.45, 7) is 10.6. The van der Waals surface area contributed by atoms with Crippen LogP contribution in [0.5, 0.6) is 0 Å². The van der Waals surface area contributed by atoms with Crippen molar-refractivity contribution in [3.05, 3.63) is 0 Å². The molecule has 0 radical (unpaired) electrons. The zero-order valence-electron chi connectivity index (χ0n) is 13.2. The van der Waals surface area contributed by atoms with Gasteiger partial charge in [-0.3, -0.25) is 4.79 Å². The molecule has 1 amide bonds. The number of hydrogen-bond acceptors (Lipinski definition) is 3. The van der Waals surface area contributed by atoms with Crippen LogP contribution in [0.15, 0.2) is 0 Å².